The van der Waals surface area contributed by atoms with Crippen molar-refractivity contribution < 1.29 is 13.2 Å². The number of nitrogens with one attached hydrogen (secondary N) is 2. The lowest BCUT2D eigenvalue weighted by Gasteiger charge is -2.31. The van der Waals surface area contributed by atoms with E-state index in [0.29, 0.717) is 31.6 Å². The number of benzene rings is 2. The van der Waals surface area contributed by atoms with Crippen molar-refractivity contribution in [3.05, 3.63) is 59.0 Å². The molecule has 2 heterocycles. The van der Waals surface area contributed by atoms with E-state index in [2.05, 4.69) is 10.3 Å². The highest BCUT2D eigenvalue weighted by Crippen LogP contribution is 2.28. The molecule has 0 spiro atoms. The van der Waals surface area contributed by atoms with E-state index >= 15 is 0 Å². The number of aromatic amines is 1. The molecular formula is C19H21N5O4S. The van der Waals surface area contributed by atoms with Crippen LogP contribution in [0.4, 0.5) is 10.5 Å². The number of imidazole rings is 1. The number of rotatable bonds is 4. The van der Waals surface area contributed by atoms with Gasteiger partial charge in [0, 0.05) is 24.8 Å². The first kappa shape index (κ1) is 19.2. The number of H-pyrrole nitrogens is 1. The van der Waals surface area contributed by atoms with E-state index < -0.39 is 16.1 Å². The number of hydrogen-bond donors (Lipinski definition) is 3. The summed E-state index contributed by atoms with van der Waals surface area (Å²) in [7, 11) is -3.66. The molecule has 1 fully saturated rings. The third-order valence-electron chi connectivity index (χ3n) is 5.17. The molecule has 0 unspecified atom stereocenters. The largest absolute Gasteiger partial charge is 0.351 e. The zero-order valence-electron chi connectivity index (χ0n) is 15.5. The Morgan fingerprint density at radius 3 is 2.38 bits per heavy atom. The van der Waals surface area contributed by atoms with Gasteiger partial charge in [-0.25, -0.2) is 18.0 Å². The number of fused-ring (bicyclic) bond motifs is 1. The van der Waals surface area contributed by atoms with E-state index in [0.717, 1.165) is 11.0 Å². The third kappa shape index (κ3) is 3.64. The standard InChI is InChI=1S/C19H21N5O4S/c20-18(25)21-13-5-7-15(8-6-13)29(27,28)23-11-9-14(10-12-23)24-17-4-2-1-3-16(17)22-19(24)26/h1-8,14H,9-12H2,(H,22,26)(H3,20,21,25). The van der Waals surface area contributed by atoms with E-state index in [1.807, 2.05) is 24.3 Å². The number of nitrogens with zero attached hydrogens (tertiary/aromatic N) is 2. The van der Waals surface area contributed by atoms with Gasteiger partial charge in [-0.1, -0.05) is 12.1 Å². The normalized spacial score (nSPS) is 16.1. The molecule has 0 atom stereocenters. The van der Waals surface area contributed by atoms with E-state index in [4.69, 9.17) is 5.73 Å². The minimum Gasteiger partial charge on any atom is -0.351 e. The summed E-state index contributed by atoms with van der Waals surface area (Å²) in [6.45, 7) is 0.639. The van der Waals surface area contributed by atoms with Crippen molar-refractivity contribution in [3.8, 4) is 0 Å². The van der Waals surface area contributed by atoms with Crippen molar-refractivity contribution in [2.24, 2.45) is 5.73 Å². The number of sulfonamides is 1. The van der Waals surface area contributed by atoms with Crippen LogP contribution in [-0.4, -0.2) is 41.4 Å². The van der Waals surface area contributed by atoms with Crippen molar-refractivity contribution in [1.29, 1.82) is 0 Å². The Labute approximate surface area is 167 Å². The molecule has 1 aromatic heterocycles. The second kappa shape index (κ2) is 7.37. The number of carbonyl (C=O) groups excluding carboxylic acids is 1. The number of amides is 2. The summed E-state index contributed by atoms with van der Waals surface area (Å²) in [5.74, 6) is 0. The third-order valence-corrected chi connectivity index (χ3v) is 7.09. The lowest BCUT2D eigenvalue weighted by Crippen LogP contribution is -2.40. The molecule has 1 saturated heterocycles. The summed E-state index contributed by atoms with van der Waals surface area (Å²) in [6, 6.07) is 12.6. The Bertz CT molecular complexity index is 1210. The molecule has 4 N–H and O–H groups in total. The number of urea groups is 1. The fourth-order valence-electron chi connectivity index (χ4n) is 3.78. The number of primary amides is 1. The molecular weight excluding hydrogens is 394 g/mol. The molecule has 0 bridgehead atoms. The van der Waals surface area contributed by atoms with E-state index in [1.165, 1.54) is 28.6 Å². The molecule has 0 aliphatic carbocycles. The van der Waals surface area contributed by atoms with Crippen LogP contribution < -0.4 is 16.7 Å². The maximum atomic E-state index is 12.9. The number of carbonyl (C=O) groups is 1. The minimum absolute atomic E-state index is 0.0627. The summed E-state index contributed by atoms with van der Waals surface area (Å²) in [5, 5.41) is 2.40. The van der Waals surface area contributed by atoms with E-state index in [9.17, 15) is 18.0 Å². The predicted molar refractivity (Wildman–Crippen MR) is 109 cm³/mol. The highest BCUT2D eigenvalue weighted by atomic mass is 32.2. The highest BCUT2D eigenvalue weighted by molar-refractivity contribution is 7.89. The Morgan fingerprint density at radius 2 is 1.72 bits per heavy atom. The molecule has 4 rings (SSSR count). The molecule has 1 aliphatic rings. The summed E-state index contributed by atoms with van der Waals surface area (Å²) in [5.41, 5.74) is 6.91. The first-order chi connectivity index (χ1) is 13.9. The summed E-state index contributed by atoms with van der Waals surface area (Å²) >= 11 is 0. The average Bonchev–Trinajstić information content (AvgIpc) is 3.04. The predicted octanol–water partition coefficient (Wildman–Crippen LogP) is 1.85. The van der Waals surface area contributed by atoms with Crippen molar-refractivity contribution >= 4 is 32.8 Å². The minimum atomic E-state index is -3.66. The molecule has 10 heteroatoms. The maximum absolute atomic E-state index is 12.9. The van der Waals surface area contributed by atoms with Crippen LogP contribution in [0.3, 0.4) is 0 Å². The lowest BCUT2D eigenvalue weighted by molar-refractivity contribution is 0.259. The van der Waals surface area contributed by atoms with Crippen molar-refractivity contribution in [3.63, 3.8) is 0 Å². The Kier molecular flexibility index (Phi) is 4.89. The van der Waals surface area contributed by atoms with Gasteiger partial charge in [-0.3, -0.25) is 4.57 Å². The molecule has 29 heavy (non-hydrogen) atoms. The second-order valence-electron chi connectivity index (χ2n) is 6.97. The van der Waals surface area contributed by atoms with Gasteiger partial charge >= 0.3 is 11.7 Å². The van der Waals surface area contributed by atoms with Crippen molar-refractivity contribution in [2.75, 3.05) is 18.4 Å². The number of aromatic nitrogens is 2. The summed E-state index contributed by atoms with van der Waals surface area (Å²) < 4.78 is 29.0. The number of nitrogens with two attached hydrogens (primary N) is 1. The fourth-order valence-corrected chi connectivity index (χ4v) is 5.25. The van der Waals surface area contributed by atoms with Crippen molar-refractivity contribution in [2.45, 2.75) is 23.8 Å². The fraction of sp³-hybridized carbons (Fsp3) is 0.263. The summed E-state index contributed by atoms with van der Waals surface area (Å²) in [4.78, 5) is 26.3. The van der Waals surface area contributed by atoms with Gasteiger partial charge < -0.3 is 16.0 Å². The first-order valence-corrected chi connectivity index (χ1v) is 10.7. The molecule has 2 aromatic carbocycles. The monoisotopic (exact) mass is 415 g/mol. The number of hydrogen-bond acceptors (Lipinski definition) is 4. The number of piperidine rings is 1. The second-order valence-corrected chi connectivity index (χ2v) is 8.90. The van der Waals surface area contributed by atoms with Gasteiger partial charge in [0.1, 0.15) is 0 Å². The van der Waals surface area contributed by atoms with Gasteiger partial charge in [-0.05, 0) is 49.2 Å². The van der Waals surface area contributed by atoms with Gasteiger partial charge in [-0.15, -0.1) is 0 Å². The van der Waals surface area contributed by atoms with Gasteiger partial charge in [0.15, 0.2) is 0 Å². The number of para-hydroxylation sites is 2. The van der Waals surface area contributed by atoms with Crippen LogP contribution >= 0.6 is 0 Å². The first-order valence-electron chi connectivity index (χ1n) is 9.22. The molecule has 1 aliphatic heterocycles. The molecule has 0 radical (unpaired) electrons. The lowest BCUT2D eigenvalue weighted by atomic mass is 10.1. The average molecular weight is 415 g/mol. The van der Waals surface area contributed by atoms with E-state index in [1.54, 1.807) is 4.57 Å². The Hall–Kier alpha value is -3.11. The van der Waals surface area contributed by atoms with Gasteiger partial charge in [0.2, 0.25) is 10.0 Å². The molecule has 9 nitrogen and oxygen atoms in total. The highest BCUT2D eigenvalue weighted by Gasteiger charge is 2.31. The van der Waals surface area contributed by atoms with Gasteiger partial charge in [-0.2, -0.15) is 4.31 Å². The van der Waals surface area contributed by atoms with Crippen LogP contribution in [-0.2, 0) is 10.0 Å². The van der Waals surface area contributed by atoms with Crippen LogP contribution in [0.1, 0.15) is 18.9 Å². The maximum Gasteiger partial charge on any atom is 0.326 e. The van der Waals surface area contributed by atoms with Crippen LogP contribution in [0.2, 0.25) is 0 Å². The van der Waals surface area contributed by atoms with Crippen LogP contribution in [0.15, 0.2) is 58.2 Å². The van der Waals surface area contributed by atoms with Crippen molar-refractivity contribution in [1.82, 2.24) is 13.9 Å². The molecule has 2 amide bonds. The molecule has 3 aromatic rings. The van der Waals surface area contributed by atoms with Gasteiger partial charge in [0.05, 0.1) is 15.9 Å². The summed E-state index contributed by atoms with van der Waals surface area (Å²) in [6.07, 6.45) is 1.09. The van der Waals surface area contributed by atoms with E-state index in [-0.39, 0.29) is 16.6 Å². The SMILES string of the molecule is NC(=O)Nc1ccc(S(=O)(=O)N2CCC(n3c(=O)[nH]c4ccccc43)CC2)cc1. The van der Waals surface area contributed by atoms with Crippen LogP contribution in [0.5, 0.6) is 0 Å². The topological polar surface area (TPSA) is 130 Å². The zero-order valence-corrected chi connectivity index (χ0v) is 16.4. The smallest absolute Gasteiger partial charge is 0.326 e. The van der Waals surface area contributed by atoms with Gasteiger partial charge in [0.25, 0.3) is 0 Å². The molecule has 0 saturated carbocycles. The Balaban J connectivity index is 1.50. The van der Waals surface area contributed by atoms with Crippen LogP contribution in [0.25, 0.3) is 11.0 Å². The van der Waals surface area contributed by atoms with Crippen LogP contribution in [0, 0.1) is 0 Å². The Morgan fingerprint density at radius 1 is 1.07 bits per heavy atom. The quantitative estimate of drug-likeness (QED) is 0.600. The molecule has 152 valence electrons. The number of anilines is 1. The zero-order chi connectivity index (χ0) is 20.6.